The molecule has 0 radical (unpaired) electrons. The number of benzene rings is 2. The summed E-state index contributed by atoms with van der Waals surface area (Å²) in [6.45, 7) is 1.99. The molecule has 1 heterocycles. The second kappa shape index (κ2) is 2.83. The van der Waals surface area contributed by atoms with Crippen LogP contribution in [0.15, 0.2) is 40.8 Å². The van der Waals surface area contributed by atoms with Crippen molar-refractivity contribution in [1.29, 1.82) is 0 Å². The number of furan rings is 1. The van der Waals surface area contributed by atoms with Gasteiger partial charge in [0.05, 0.1) is 5.39 Å². The summed E-state index contributed by atoms with van der Waals surface area (Å²) in [4.78, 5) is 0. The minimum absolute atomic E-state index is 0.225. The molecular formula is C13H9FO. The molecule has 74 valence electrons. The Morgan fingerprint density at radius 1 is 1.07 bits per heavy atom. The Bertz CT molecular complexity index is 652. The van der Waals surface area contributed by atoms with Gasteiger partial charge in [-0.05, 0) is 31.2 Å². The number of hydrogen-bond acceptors (Lipinski definition) is 1. The van der Waals surface area contributed by atoms with E-state index in [1.54, 1.807) is 12.1 Å². The molecule has 0 fully saturated rings. The van der Waals surface area contributed by atoms with Crippen LogP contribution < -0.4 is 0 Å². The Balaban J connectivity index is 2.61. The van der Waals surface area contributed by atoms with Gasteiger partial charge in [0.25, 0.3) is 0 Å². The molecule has 2 aromatic carbocycles. The Labute approximate surface area is 86.1 Å². The molecular weight excluding hydrogens is 191 g/mol. The zero-order valence-corrected chi connectivity index (χ0v) is 8.25. The van der Waals surface area contributed by atoms with Crippen LogP contribution in [0.1, 0.15) is 5.56 Å². The summed E-state index contributed by atoms with van der Waals surface area (Å²) in [5.41, 5.74) is 2.45. The lowest BCUT2D eigenvalue weighted by Gasteiger charge is -1.92. The van der Waals surface area contributed by atoms with Crippen molar-refractivity contribution >= 4 is 21.9 Å². The Kier molecular flexibility index (Phi) is 1.60. The topological polar surface area (TPSA) is 13.1 Å². The quantitative estimate of drug-likeness (QED) is 0.534. The van der Waals surface area contributed by atoms with Crippen LogP contribution in [-0.2, 0) is 0 Å². The maximum atomic E-state index is 13.6. The molecule has 0 amide bonds. The molecule has 0 aliphatic carbocycles. The molecule has 0 bridgehead atoms. The molecule has 2 heteroatoms. The van der Waals surface area contributed by atoms with Gasteiger partial charge >= 0.3 is 0 Å². The molecule has 0 aliphatic heterocycles. The Morgan fingerprint density at radius 3 is 2.80 bits per heavy atom. The summed E-state index contributed by atoms with van der Waals surface area (Å²) < 4.78 is 19.2. The van der Waals surface area contributed by atoms with Gasteiger partial charge in [-0.2, -0.15) is 0 Å². The zero-order chi connectivity index (χ0) is 10.4. The van der Waals surface area contributed by atoms with E-state index in [9.17, 15) is 4.39 Å². The molecule has 3 aromatic rings. The first-order valence-electron chi connectivity index (χ1n) is 4.83. The van der Waals surface area contributed by atoms with Gasteiger partial charge in [0.1, 0.15) is 17.0 Å². The fourth-order valence-corrected chi connectivity index (χ4v) is 1.90. The molecule has 0 saturated heterocycles. The van der Waals surface area contributed by atoms with Crippen molar-refractivity contribution < 1.29 is 8.81 Å². The lowest BCUT2D eigenvalue weighted by molar-refractivity contribution is 0.634. The fraction of sp³-hybridized carbons (Fsp3) is 0.0769. The summed E-state index contributed by atoms with van der Waals surface area (Å²) >= 11 is 0. The third-order valence-corrected chi connectivity index (χ3v) is 2.60. The average molecular weight is 200 g/mol. The summed E-state index contributed by atoms with van der Waals surface area (Å²) in [7, 11) is 0. The summed E-state index contributed by atoms with van der Waals surface area (Å²) in [5.74, 6) is -0.225. The van der Waals surface area contributed by atoms with Crippen molar-refractivity contribution in [1.82, 2.24) is 0 Å². The summed E-state index contributed by atoms with van der Waals surface area (Å²) in [6, 6.07) is 10.7. The van der Waals surface area contributed by atoms with Crippen LogP contribution in [-0.4, -0.2) is 0 Å². The van der Waals surface area contributed by atoms with Crippen molar-refractivity contribution in [3.05, 3.63) is 47.8 Å². The van der Waals surface area contributed by atoms with E-state index in [1.165, 1.54) is 6.07 Å². The first kappa shape index (κ1) is 8.48. The maximum Gasteiger partial charge on any atom is 0.138 e. The van der Waals surface area contributed by atoms with E-state index in [1.807, 2.05) is 25.1 Å². The predicted octanol–water partition coefficient (Wildman–Crippen LogP) is 4.03. The van der Waals surface area contributed by atoms with E-state index >= 15 is 0 Å². The lowest BCUT2D eigenvalue weighted by atomic mass is 10.1. The van der Waals surface area contributed by atoms with Crippen LogP contribution in [0, 0.1) is 12.7 Å². The second-order valence-electron chi connectivity index (χ2n) is 3.71. The highest BCUT2D eigenvalue weighted by Crippen LogP contribution is 2.30. The van der Waals surface area contributed by atoms with Crippen LogP contribution in [0.4, 0.5) is 4.39 Å². The fourth-order valence-electron chi connectivity index (χ4n) is 1.90. The molecule has 1 aromatic heterocycles. The van der Waals surface area contributed by atoms with Gasteiger partial charge in [-0.25, -0.2) is 4.39 Å². The molecule has 0 spiro atoms. The van der Waals surface area contributed by atoms with Crippen LogP contribution in [0.3, 0.4) is 0 Å². The molecule has 0 saturated carbocycles. The normalized spacial score (nSPS) is 11.3. The average Bonchev–Trinajstić information content (AvgIpc) is 2.57. The summed E-state index contributed by atoms with van der Waals surface area (Å²) in [5, 5.41) is 1.43. The highest BCUT2D eigenvalue weighted by molar-refractivity contribution is 6.05. The van der Waals surface area contributed by atoms with Crippen molar-refractivity contribution in [2.24, 2.45) is 0 Å². The second-order valence-corrected chi connectivity index (χ2v) is 3.71. The standard InChI is InChI=1S/C13H9FO/c1-8-5-6-11-9(7-8)13-10(14)3-2-4-12(13)15-11/h2-7H,1H3. The van der Waals surface area contributed by atoms with E-state index < -0.39 is 0 Å². The minimum atomic E-state index is -0.225. The van der Waals surface area contributed by atoms with Crippen LogP contribution in [0.5, 0.6) is 0 Å². The molecule has 0 N–H and O–H groups in total. The van der Waals surface area contributed by atoms with Crippen molar-refractivity contribution in [3.8, 4) is 0 Å². The molecule has 0 unspecified atom stereocenters. The number of fused-ring (bicyclic) bond motifs is 3. The lowest BCUT2D eigenvalue weighted by Crippen LogP contribution is -1.75. The van der Waals surface area contributed by atoms with Crippen molar-refractivity contribution in [2.45, 2.75) is 6.92 Å². The van der Waals surface area contributed by atoms with Gasteiger partial charge in [0, 0.05) is 5.39 Å². The summed E-state index contributed by atoms with van der Waals surface area (Å²) in [6.07, 6.45) is 0. The molecule has 3 rings (SSSR count). The van der Waals surface area contributed by atoms with Crippen LogP contribution >= 0.6 is 0 Å². The van der Waals surface area contributed by atoms with Crippen molar-refractivity contribution in [2.75, 3.05) is 0 Å². The van der Waals surface area contributed by atoms with Crippen LogP contribution in [0.25, 0.3) is 21.9 Å². The number of hydrogen-bond donors (Lipinski definition) is 0. The van der Waals surface area contributed by atoms with E-state index in [2.05, 4.69) is 0 Å². The monoisotopic (exact) mass is 200 g/mol. The first-order chi connectivity index (χ1) is 7.25. The molecule has 0 atom stereocenters. The molecule has 0 aliphatic rings. The maximum absolute atomic E-state index is 13.6. The SMILES string of the molecule is Cc1ccc2oc3cccc(F)c3c2c1. The third kappa shape index (κ3) is 1.14. The van der Waals surface area contributed by atoms with E-state index in [-0.39, 0.29) is 5.82 Å². The smallest absolute Gasteiger partial charge is 0.138 e. The van der Waals surface area contributed by atoms with Gasteiger partial charge in [-0.3, -0.25) is 0 Å². The highest BCUT2D eigenvalue weighted by atomic mass is 19.1. The van der Waals surface area contributed by atoms with Gasteiger partial charge in [0.2, 0.25) is 0 Å². The first-order valence-corrected chi connectivity index (χ1v) is 4.83. The molecule has 15 heavy (non-hydrogen) atoms. The van der Waals surface area contributed by atoms with Gasteiger partial charge in [0.15, 0.2) is 0 Å². The van der Waals surface area contributed by atoms with Crippen LogP contribution in [0.2, 0.25) is 0 Å². The predicted molar refractivity (Wildman–Crippen MR) is 58.4 cm³/mol. The Hall–Kier alpha value is -1.83. The highest BCUT2D eigenvalue weighted by Gasteiger charge is 2.10. The molecule has 1 nitrogen and oxygen atoms in total. The van der Waals surface area contributed by atoms with Crippen molar-refractivity contribution in [3.63, 3.8) is 0 Å². The van der Waals surface area contributed by atoms with Gasteiger partial charge in [-0.1, -0.05) is 17.7 Å². The van der Waals surface area contributed by atoms with E-state index in [4.69, 9.17) is 4.42 Å². The third-order valence-electron chi connectivity index (χ3n) is 2.60. The van der Waals surface area contributed by atoms with Gasteiger partial charge < -0.3 is 4.42 Å². The minimum Gasteiger partial charge on any atom is -0.456 e. The van der Waals surface area contributed by atoms with E-state index in [0.29, 0.717) is 11.0 Å². The van der Waals surface area contributed by atoms with Gasteiger partial charge in [-0.15, -0.1) is 0 Å². The number of rotatable bonds is 0. The zero-order valence-electron chi connectivity index (χ0n) is 8.25. The number of halogens is 1. The van der Waals surface area contributed by atoms with E-state index in [0.717, 1.165) is 16.5 Å². The number of aryl methyl sites for hydroxylation is 1. The largest absolute Gasteiger partial charge is 0.456 e. The Morgan fingerprint density at radius 2 is 1.93 bits per heavy atom.